The molecule has 21 heavy (non-hydrogen) atoms. The Hall–Kier alpha value is -1.14. The number of nitrogens with zero attached hydrogens (tertiary/aromatic N) is 2. The van der Waals surface area contributed by atoms with Gasteiger partial charge in [0.2, 0.25) is 5.91 Å². The second-order valence-electron chi connectivity index (χ2n) is 6.76. The molecule has 0 aromatic heterocycles. The standard InChI is InChI=1S/C15H24N2O4/c18-13-2-1-11-7-16(8-12(11)13)9-14(19)17-5-3-10(4-6-17)15(20)21/h10-13,18H,1-9H2,(H,20,21). The van der Waals surface area contributed by atoms with E-state index in [0.29, 0.717) is 44.3 Å². The fourth-order valence-corrected chi connectivity index (χ4v) is 4.13. The summed E-state index contributed by atoms with van der Waals surface area (Å²) in [6.07, 6.45) is 2.90. The average molecular weight is 296 g/mol. The number of aliphatic carboxylic acids is 1. The molecule has 118 valence electrons. The fourth-order valence-electron chi connectivity index (χ4n) is 4.13. The third-order valence-corrected chi connectivity index (χ3v) is 5.45. The topological polar surface area (TPSA) is 81.1 Å². The smallest absolute Gasteiger partial charge is 0.306 e. The van der Waals surface area contributed by atoms with Crippen LogP contribution in [0.5, 0.6) is 0 Å². The molecule has 6 nitrogen and oxygen atoms in total. The lowest BCUT2D eigenvalue weighted by Gasteiger charge is -2.31. The van der Waals surface area contributed by atoms with Crippen molar-refractivity contribution in [3.05, 3.63) is 0 Å². The van der Waals surface area contributed by atoms with Crippen LogP contribution in [-0.4, -0.2) is 70.7 Å². The van der Waals surface area contributed by atoms with Crippen molar-refractivity contribution in [3.63, 3.8) is 0 Å². The molecule has 2 N–H and O–H groups in total. The molecule has 3 unspecified atom stereocenters. The highest BCUT2D eigenvalue weighted by atomic mass is 16.4. The zero-order chi connectivity index (χ0) is 15.0. The van der Waals surface area contributed by atoms with E-state index in [9.17, 15) is 14.7 Å². The number of carbonyl (C=O) groups is 2. The Morgan fingerprint density at radius 1 is 1.05 bits per heavy atom. The Balaban J connectivity index is 1.46. The Morgan fingerprint density at radius 3 is 2.38 bits per heavy atom. The molecule has 0 spiro atoms. The van der Waals surface area contributed by atoms with E-state index in [1.807, 2.05) is 0 Å². The Kier molecular flexibility index (Phi) is 4.17. The second-order valence-corrected chi connectivity index (χ2v) is 6.76. The van der Waals surface area contributed by atoms with E-state index in [2.05, 4.69) is 4.90 Å². The van der Waals surface area contributed by atoms with Crippen molar-refractivity contribution >= 4 is 11.9 Å². The van der Waals surface area contributed by atoms with Gasteiger partial charge in [-0.15, -0.1) is 0 Å². The van der Waals surface area contributed by atoms with Crippen LogP contribution in [0.4, 0.5) is 0 Å². The molecule has 0 radical (unpaired) electrons. The van der Waals surface area contributed by atoms with E-state index in [1.54, 1.807) is 4.90 Å². The summed E-state index contributed by atoms with van der Waals surface area (Å²) in [5.41, 5.74) is 0. The highest BCUT2D eigenvalue weighted by Crippen LogP contribution is 2.37. The predicted molar refractivity (Wildman–Crippen MR) is 75.6 cm³/mol. The minimum Gasteiger partial charge on any atom is -0.481 e. The maximum Gasteiger partial charge on any atom is 0.306 e. The number of likely N-dealkylation sites (tertiary alicyclic amines) is 2. The lowest BCUT2D eigenvalue weighted by Crippen LogP contribution is -2.45. The van der Waals surface area contributed by atoms with Gasteiger partial charge in [0, 0.05) is 32.1 Å². The van der Waals surface area contributed by atoms with Gasteiger partial charge in [0.25, 0.3) is 0 Å². The van der Waals surface area contributed by atoms with Crippen molar-refractivity contribution in [3.8, 4) is 0 Å². The van der Waals surface area contributed by atoms with Gasteiger partial charge in [-0.3, -0.25) is 14.5 Å². The normalized spacial score (nSPS) is 34.1. The third-order valence-electron chi connectivity index (χ3n) is 5.45. The predicted octanol–water partition coefficient (Wildman–Crippen LogP) is 0.0123. The molecule has 3 aliphatic rings. The molecule has 1 saturated carbocycles. The van der Waals surface area contributed by atoms with Crippen LogP contribution in [0.1, 0.15) is 25.7 Å². The van der Waals surface area contributed by atoms with Crippen LogP contribution >= 0.6 is 0 Å². The molecule has 0 bridgehead atoms. The summed E-state index contributed by atoms with van der Waals surface area (Å²) in [4.78, 5) is 27.2. The first kappa shape index (κ1) is 14.8. The van der Waals surface area contributed by atoms with Crippen LogP contribution in [0.3, 0.4) is 0 Å². The summed E-state index contributed by atoms with van der Waals surface area (Å²) < 4.78 is 0. The summed E-state index contributed by atoms with van der Waals surface area (Å²) in [7, 11) is 0. The SMILES string of the molecule is O=C(O)C1CCN(C(=O)CN2CC3CCC(O)C3C2)CC1. The van der Waals surface area contributed by atoms with Gasteiger partial charge in [0.1, 0.15) is 0 Å². The summed E-state index contributed by atoms with van der Waals surface area (Å²) in [6, 6.07) is 0. The summed E-state index contributed by atoms with van der Waals surface area (Å²) >= 11 is 0. The molecular formula is C15H24N2O4. The van der Waals surface area contributed by atoms with Crippen LogP contribution < -0.4 is 0 Å². The van der Waals surface area contributed by atoms with Gasteiger partial charge in [0.05, 0.1) is 18.6 Å². The van der Waals surface area contributed by atoms with Crippen LogP contribution in [0.25, 0.3) is 0 Å². The van der Waals surface area contributed by atoms with Gasteiger partial charge in [-0.1, -0.05) is 0 Å². The number of fused-ring (bicyclic) bond motifs is 1. The van der Waals surface area contributed by atoms with Crippen molar-refractivity contribution in [1.29, 1.82) is 0 Å². The van der Waals surface area contributed by atoms with Gasteiger partial charge >= 0.3 is 5.97 Å². The van der Waals surface area contributed by atoms with Gasteiger partial charge < -0.3 is 15.1 Å². The van der Waals surface area contributed by atoms with E-state index in [4.69, 9.17) is 5.11 Å². The lowest BCUT2D eigenvalue weighted by atomic mass is 9.97. The number of aliphatic hydroxyl groups excluding tert-OH is 1. The Morgan fingerprint density at radius 2 is 1.76 bits per heavy atom. The minimum absolute atomic E-state index is 0.105. The number of carboxylic acids is 1. The number of hydrogen-bond acceptors (Lipinski definition) is 4. The zero-order valence-corrected chi connectivity index (χ0v) is 12.3. The van der Waals surface area contributed by atoms with Crippen LogP contribution in [0, 0.1) is 17.8 Å². The van der Waals surface area contributed by atoms with E-state index in [1.165, 1.54) is 0 Å². The molecular weight excluding hydrogens is 272 g/mol. The highest BCUT2D eigenvalue weighted by molar-refractivity contribution is 5.79. The first-order chi connectivity index (χ1) is 10.0. The van der Waals surface area contributed by atoms with Crippen molar-refractivity contribution in [1.82, 2.24) is 9.80 Å². The Labute approximate surface area is 124 Å². The zero-order valence-electron chi connectivity index (χ0n) is 12.3. The fraction of sp³-hybridized carbons (Fsp3) is 0.867. The molecule has 3 fully saturated rings. The number of hydrogen-bond donors (Lipinski definition) is 2. The van der Waals surface area contributed by atoms with E-state index >= 15 is 0 Å². The van der Waals surface area contributed by atoms with Gasteiger partial charge in [-0.25, -0.2) is 0 Å². The number of piperidine rings is 1. The molecule has 3 atom stereocenters. The first-order valence-corrected chi connectivity index (χ1v) is 7.95. The van der Waals surface area contributed by atoms with Gasteiger partial charge in [-0.05, 0) is 31.6 Å². The maximum atomic E-state index is 12.3. The number of rotatable bonds is 3. The van der Waals surface area contributed by atoms with E-state index < -0.39 is 5.97 Å². The molecule has 2 saturated heterocycles. The summed E-state index contributed by atoms with van der Waals surface area (Å²) in [5.74, 6) is -0.0480. The summed E-state index contributed by atoms with van der Waals surface area (Å²) in [5, 5.41) is 18.9. The van der Waals surface area contributed by atoms with Crippen LogP contribution in [-0.2, 0) is 9.59 Å². The molecule has 0 aromatic rings. The average Bonchev–Trinajstić information content (AvgIpc) is 3.01. The minimum atomic E-state index is -0.747. The highest BCUT2D eigenvalue weighted by Gasteiger charge is 2.42. The Bertz CT molecular complexity index is 420. The second kappa shape index (κ2) is 5.93. The quantitative estimate of drug-likeness (QED) is 0.767. The third kappa shape index (κ3) is 3.06. The van der Waals surface area contributed by atoms with Crippen molar-refractivity contribution in [2.45, 2.75) is 31.8 Å². The number of aliphatic hydroxyl groups is 1. The number of carboxylic acid groups (broad SMARTS) is 1. The summed E-state index contributed by atoms with van der Waals surface area (Å²) in [6.45, 7) is 3.26. The van der Waals surface area contributed by atoms with Crippen molar-refractivity contribution in [2.75, 3.05) is 32.7 Å². The molecule has 2 heterocycles. The first-order valence-electron chi connectivity index (χ1n) is 7.95. The van der Waals surface area contributed by atoms with Crippen LogP contribution in [0.15, 0.2) is 0 Å². The number of amides is 1. The van der Waals surface area contributed by atoms with Gasteiger partial charge in [-0.2, -0.15) is 0 Å². The van der Waals surface area contributed by atoms with E-state index in [-0.39, 0.29) is 17.9 Å². The van der Waals surface area contributed by atoms with Crippen LogP contribution in [0.2, 0.25) is 0 Å². The molecule has 3 rings (SSSR count). The molecule has 1 aliphatic carbocycles. The van der Waals surface area contributed by atoms with Crippen molar-refractivity contribution < 1.29 is 19.8 Å². The van der Waals surface area contributed by atoms with Gasteiger partial charge in [0.15, 0.2) is 0 Å². The molecule has 6 heteroatoms. The van der Waals surface area contributed by atoms with E-state index in [0.717, 1.165) is 25.9 Å². The lowest BCUT2D eigenvalue weighted by molar-refractivity contribution is -0.145. The molecule has 1 amide bonds. The number of carbonyl (C=O) groups excluding carboxylic acids is 1. The largest absolute Gasteiger partial charge is 0.481 e. The molecule has 0 aromatic carbocycles. The van der Waals surface area contributed by atoms with Crippen molar-refractivity contribution in [2.24, 2.45) is 17.8 Å². The monoisotopic (exact) mass is 296 g/mol. The maximum absolute atomic E-state index is 12.3. The molecule has 2 aliphatic heterocycles.